The highest BCUT2D eigenvalue weighted by Crippen LogP contribution is 2.32. The second-order valence-corrected chi connectivity index (χ2v) is 6.44. The van der Waals surface area contributed by atoms with Crippen LogP contribution in [0.3, 0.4) is 0 Å². The van der Waals surface area contributed by atoms with Gasteiger partial charge >= 0.3 is 0 Å². The van der Waals surface area contributed by atoms with Crippen LogP contribution >= 0.6 is 0 Å². The van der Waals surface area contributed by atoms with Crippen LogP contribution in [0.25, 0.3) is 0 Å². The van der Waals surface area contributed by atoms with Crippen LogP contribution in [0.5, 0.6) is 0 Å². The van der Waals surface area contributed by atoms with Crippen molar-refractivity contribution in [3.8, 4) is 0 Å². The fraction of sp³-hybridized carbons (Fsp3) is 1.00. The summed E-state index contributed by atoms with van der Waals surface area (Å²) in [6.45, 7) is 9.61. The lowest BCUT2D eigenvalue weighted by Gasteiger charge is -2.33. The normalized spacial score (nSPS) is 37.5. The van der Waals surface area contributed by atoms with Crippen molar-refractivity contribution in [2.75, 3.05) is 13.1 Å². The zero-order valence-corrected chi connectivity index (χ0v) is 12.6. The molecule has 2 aliphatic rings. The Morgan fingerprint density at radius 3 is 2.67 bits per heavy atom. The predicted molar refractivity (Wildman–Crippen MR) is 78.9 cm³/mol. The number of hydrogen-bond donors (Lipinski definition) is 1. The highest BCUT2D eigenvalue weighted by atomic mass is 15.2. The van der Waals surface area contributed by atoms with Crippen LogP contribution in [-0.4, -0.2) is 36.1 Å². The summed E-state index contributed by atoms with van der Waals surface area (Å²) in [6.07, 6.45) is 9.73. The maximum atomic E-state index is 3.78. The molecule has 1 N–H and O–H groups in total. The monoisotopic (exact) mass is 252 g/mol. The molecule has 4 atom stereocenters. The first-order valence-corrected chi connectivity index (χ1v) is 8.25. The molecule has 2 nitrogen and oxygen atoms in total. The second-order valence-electron chi connectivity index (χ2n) is 6.44. The van der Waals surface area contributed by atoms with Gasteiger partial charge in [0.25, 0.3) is 0 Å². The van der Waals surface area contributed by atoms with Crippen molar-refractivity contribution in [2.45, 2.75) is 83.8 Å². The molecular formula is C16H32N2. The molecule has 18 heavy (non-hydrogen) atoms. The van der Waals surface area contributed by atoms with Crippen LogP contribution in [0.2, 0.25) is 0 Å². The number of nitrogens with zero attached hydrogens (tertiary/aromatic N) is 1. The maximum Gasteiger partial charge on any atom is 0.0107 e. The van der Waals surface area contributed by atoms with Gasteiger partial charge in [-0.15, -0.1) is 0 Å². The molecule has 1 heterocycles. The van der Waals surface area contributed by atoms with E-state index in [1.54, 1.807) is 0 Å². The fourth-order valence-electron chi connectivity index (χ4n) is 4.02. The lowest BCUT2D eigenvalue weighted by atomic mass is 10.0. The van der Waals surface area contributed by atoms with Crippen molar-refractivity contribution in [3.05, 3.63) is 0 Å². The summed E-state index contributed by atoms with van der Waals surface area (Å²) in [5, 5.41) is 3.78. The highest BCUT2D eigenvalue weighted by molar-refractivity contribution is 4.91. The third-order valence-corrected chi connectivity index (χ3v) is 5.19. The van der Waals surface area contributed by atoms with E-state index in [9.17, 15) is 0 Å². The van der Waals surface area contributed by atoms with E-state index in [1.807, 2.05) is 0 Å². The van der Waals surface area contributed by atoms with Crippen LogP contribution in [0.4, 0.5) is 0 Å². The Bertz CT molecular complexity index is 241. The molecule has 4 unspecified atom stereocenters. The Morgan fingerprint density at radius 2 is 1.94 bits per heavy atom. The van der Waals surface area contributed by atoms with E-state index in [0.29, 0.717) is 0 Å². The van der Waals surface area contributed by atoms with Crippen molar-refractivity contribution in [1.82, 2.24) is 10.2 Å². The minimum Gasteiger partial charge on any atom is -0.314 e. The lowest BCUT2D eigenvalue weighted by Crippen LogP contribution is -2.43. The number of likely N-dealkylation sites (tertiary alicyclic amines) is 1. The first kappa shape index (κ1) is 14.3. The maximum absolute atomic E-state index is 3.78. The highest BCUT2D eigenvalue weighted by Gasteiger charge is 2.34. The SMILES string of the molecule is CCCNC1CCCC1CN1C(C)CCC1CC. The molecule has 0 bridgehead atoms. The fourth-order valence-corrected chi connectivity index (χ4v) is 4.02. The van der Waals surface area contributed by atoms with Gasteiger partial charge in [0.15, 0.2) is 0 Å². The molecule has 0 aromatic rings. The van der Waals surface area contributed by atoms with E-state index >= 15 is 0 Å². The average molecular weight is 252 g/mol. The molecule has 0 radical (unpaired) electrons. The molecular weight excluding hydrogens is 220 g/mol. The van der Waals surface area contributed by atoms with Gasteiger partial charge in [-0.2, -0.15) is 0 Å². The number of nitrogens with one attached hydrogen (secondary N) is 1. The van der Waals surface area contributed by atoms with E-state index in [-0.39, 0.29) is 0 Å². The molecule has 0 spiro atoms. The van der Waals surface area contributed by atoms with Gasteiger partial charge < -0.3 is 5.32 Å². The third kappa shape index (κ3) is 3.27. The molecule has 2 heteroatoms. The van der Waals surface area contributed by atoms with E-state index in [4.69, 9.17) is 0 Å². The zero-order valence-electron chi connectivity index (χ0n) is 12.6. The molecule has 0 amide bonds. The Labute approximate surface area is 114 Å². The Balaban J connectivity index is 1.86. The molecule has 106 valence electrons. The first-order chi connectivity index (χ1) is 8.76. The molecule has 2 fully saturated rings. The molecule has 0 aromatic heterocycles. The molecule has 1 aliphatic heterocycles. The molecule has 1 saturated carbocycles. The van der Waals surface area contributed by atoms with Crippen molar-refractivity contribution < 1.29 is 0 Å². The second kappa shape index (κ2) is 6.91. The van der Waals surface area contributed by atoms with Crippen molar-refractivity contribution >= 4 is 0 Å². The van der Waals surface area contributed by atoms with Gasteiger partial charge in [0.2, 0.25) is 0 Å². The standard InChI is InChI=1S/C16H32N2/c1-4-11-17-16-8-6-7-14(16)12-18-13(3)9-10-15(18)5-2/h13-17H,4-12H2,1-3H3. The summed E-state index contributed by atoms with van der Waals surface area (Å²) in [6, 6.07) is 2.49. The van der Waals surface area contributed by atoms with Crippen LogP contribution < -0.4 is 5.32 Å². The topological polar surface area (TPSA) is 15.3 Å². The van der Waals surface area contributed by atoms with E-state index in [2.05, 4.69) is 31.0 Å². The Morgan fingerprint density at radius 1 is 1.11 bits per heavy atom. The van der Waals surface area contributed by atoms with E-state index in [0.717, 1.165) is 24.0 Å². The van der Waals surface area contributed by atoms with E-state index in [1.165, 1.54) is 58.0 Å². The van der Waals surface area contributed by atoms with Crippen molar-refractivity contribution in [3.63, 3.8) is 0 Å². The summed E-state index contributed by atoms with van der Waals surface area (Å²) in [5.74, 6) is 0.908. The smallest absolute Gasteiger partial charge is 0.0107 e. The Hall–Kier alpha value is -0.0800. The molecule has 1 saturated heterocycles. The van der Waals surface area contributed by atoms with Gasteiger partial charge in [0.05, 0.1) is 0 Å². The third-order valence-electron chi connectivity index (χ3n) is 5.19. The van der Waals surface area contributed by atoms with Gasteiger partial charge in [0, 0.05) is 24.7 Å². The van der Waals surface area contributed by atoms with Crippen molar-refractivity contribution in [2.24, 2.45) is 5.92 Å². The first-order valence-electron chi connectivity index (χ1n) is 8.25. The number of hydrogen-bond acceptors (Lipinski definition) is 2. The minimum absolute atomic E-state index is 0.801. The summed E-state index contributed by atoms with van der Waals surface area (Å²) in [7, 11) is 0. The average Bonchev–Trinajstić information content (AvgIpc) is 2.96. The molecule has 1 aliphatic carbocycles. The number of rotatable bonds is 6. The van der Waals surface area contributed by atoms with Gasteiger partial charge in [-0.05, 0) is 57.9 Å². The summed E-state index contributed by atoms with van der Waals surface area (Å²) < 4.78 is 0. The van der Waals surface area contributed by atoms with Crippen LogP contribution in [-0.2, 0) is 0 Å². The quantitative estimate of drug-likeness (QED) is 0.779. The van der Waals surface area contributed by atoms with Gasteiger partial charge in [0.1, 0.15) is 0 Å². The predicted octanol–water partition coefficient (Wildman–Crippen LogP) is 3.42. The van der Waals surface area contributed by atoms with Gasteiger partial charge in [-0.3, -0.25) is 4.90 Å². The van der Waals surface area contributed by atoms with Crippen LogP contribution in [0.15, 0.2) is 0 Å². The Kier molecular flexibility index (Phi) is 5.50. The van der Waals surface area contributed by atoms with Gasteiger partial charge in [-0.25, -0.2) is 0 Å². The van der Waals surface area contributed by atoms with E-state index < -0.39 is 0 Å². The van der Waals surface area contributed by atoms with Crippen LogP contribution in [0.1, 0.15) is 65.7 Å². The largest absolute Gasteiger partial charge is 0.314 e. The van der Waals surface area contributed by atoms with Gasteiger partial charge in [-0.1, -0.05) is 20.3 Å². The molecule has 2 rings (SSSR count). The summed E-state index contributed by atoms with van der Waals surface area (Å²) in [4.78, 5) is 2.82. The molecule has 0 aromatic carbocycles. The van der Waals surface area contributed by atoms with Crippen LogP contribution in [0, 0.1) is 5.92 Å². The summed E-state index contributed by atoms with van der Waals surface area (Å²) in [5.41, 5.74) is 0. The summed E-state index contributed by atoms with van der Waals surface area (Å²) >= 11 is 0. The lowest BCUT2D eigenvalue weighted by molar-refractivity contribution is 0.157. The zero-order chi connectivity index (χ0) is 13.0. The van der Waals surface area contributed by atoms with Crippen molar-refractivity contribution in [1.29, 1.82) is 0 Å². The minimum atomic E-state index is 0.801.